The molecule has 0 rings (SSSR count). The molecule has 0 aromatic carbocycles. The van der Waals surface area contributed by atoms with E-state index >= 15 is 0 Å². The summed E-state index contributed by atoms with van der Waals surface area (Å²) in [6.45, 7) is 0.465. The molecular formula is C7H14N4O2. The molecule has 0 aliphatic heterocycles. The fraction of sp³-hybridized carbons (Fsp3) is 0.571. The summed E-state index contributed by atoms with van der Waals surface area (Å²) in [5, 5.41) is 2.36. The first kappa shape index (κ1) is 11.4. The molecule has 0 unspecified atom stereocenters. The molecule has 1 amide bonds. The Kier molecular flexibility index (Phi) is 6.21. The maximum absolute atomic E-state index is 10.3. The number of nitrogens with one attached hydrogen (secondary N) is 1. The maximum atomic E-state index is 10.3. The van der Waals surface area contributed by atoms with E-state index in [4.69, 9.17) is 11.5 Å². The Morgan fingerprint density at radius 2 is 2.15 bits per heavy atom. The lowest BCUT2D eigenvalue weighted by atomic mass is 10.2. The molecule has 0 aromatic rings. The summed E-state index contributed by atoms with van der Waals surface area (Å²) in [6, 6.07) is -0.438. The lowest BCUT2D eigenvalue weighted by Gasteiger charge is -2.06. The minimum absolute atomic E-state index is 0.0333. The third kappa shape index (κ3) is 6.79. The van der Waals surface area contributed by atoms with Crippen LogP contribution in [0.25, 0.3) is 0 Å². The molecule has 0 heterocycles. The molecule has 13 heavy (non-hydrogen) atoms. The van der Waals surface area contributed by atoms with Gasteiger partial charge in [-0.15, -0.1) is 0 Å². The number of aliphatic imine (C=N–C) groups is 1. The van der Waals surface area contributed by atoms with Crippen LogP contribution in [-0.4, -0.2) is 31.2 Å². The fourth-order valence-electron chi connectivity index (χ4n) is 0.797. The van der Waals surface area contributed by atoms with Gasteiger partial charge in [-0.1, -0.05) is 0 Å². The van der Waals surface area contributed by atoms with E-state index in [0.29, 0.717) is 32.1 Å². The standard InChI is InChI=1S/C7H14N4O2/c8-7(9)10-3-1-2-6(4-12)11-5-13/h4-6H,1-3H2,(H,11,13)(H4,8,9,10)/t6-/m0/s1. The number of carbonyl (C=O) groups is 2. The Morgan fingerprint density at radius 1 is 1.46 bits per heavy atom. The summed E-state index contributed by atoms with van der Waals surface area (Å²) < 4.78 is 0. The molecule has 0 aliphatic rings. The maximum Gasteiger partial charge on any atom is 0.207 e. The average molecular weight is 186 g/mol. The van der Waals surface area contributed by atoms with Crippen molar-refractivity contribution in [2.24, 2.45) is 16.5 Å². The highest BCUT2D eigenvalue weighted by Gasteiger charge is 2.03. The van der Waals surface area contributed by atoms with E-state index in [9.17, 15) is 9.59 Å². The van der Waals surface area contributed by atoms with Crippen LogP contribution in [-0.2, 0) is 9.59 Å². The first-order valence-corrected chi connectivity index (χ1v) is 3.91. The Bertz CT molecular complexity index is 189. The molecule has 0 fully saturated rings. The first-order valence-electron chi connectivity index (χ1n) is 3.91. The lowest BCUT2D eigenvalue weighted by Crippen LogP contribution is -2.29. The van der Waals surface area contributed by atoms with Crippen LogP contribution in [0, 0.1) is 0 Å². The summed E-state index contributed by atoms with van der Waals surface area (Å²) in [6.07, 6.45) is 2.38. The number of guanidine groups is 1. The smallest absolute Gasteiger partial charge is 0.207 e. The van der Waals surface area contributed by atoms with Crippen molar-refractivity contribution in [2.75, 3.05) is 6.54 Å². The zero-order valence-electron chi connectivity index (χ0n) is 7.27. The minimum Gasteiger partial charge on any atom is -0.370 e. The van der Waals surface area contributed by atoms with Crippen molar-refractivity contribution in [3.8, 4) is 0 Å². The Labute approximate surface area is 76.4 Å². The van der Waals surface area contributed by atoms with Crippen LogP contribution in [0.1, 0.15) is 12.8 Å². The van der Waals surface area contributed by atoms with Gasteiger partial charge in [-0.25, -0.2) is 0 Å². The van der Waals surface area contributed by atoms with Gasteiger partial charge >= 0.3 is 0 Å². The monoisotopic (exact) mass is 186 g/mol. The molecule has 1 atom stereocenters. The number of aldehydes is 1. The summed E-state index contributed by atoms with van der Waals surface area (Å²) in [5.41, 5.74) is 10.2. The third-order valence-corrected chi connectivity index (χ3v) is 1.41. The molecule has 0 aliphatic carbocycles. The average Bonchev–Trinajstić information content (AvgIpc) is 2.10. The highest BCUT2D eigenvalue weighted by atomic mass is 16.1. The van der Waals surface area contributed by atoms with Gasteiger partial charge in [0, 0.05) is 6.54 Å². The number of hydrogen-bond acceptors (Lipinski definition) is 3. The fourth-order valence-corrected chi connectivity index (χ4v) is 0.797. The molecule has 0 saturated carbocycles. The van der Waals surface area contributed by atoms with E-state index in [1.165, 1.54) is 0 Å². The molecule has 5 N–H and O–H groups in total. The molecule has 0 saturated heterocycles. The van der Waals surface area contributed by atoms with Crippen LogP contribution in [0.3, 0.4) is 0 Å². The number of nitrogens with two attached hydrogens (primary N) is 2. The van der Waals surface area contributed by atoms with Gasteiger partial charge in [0.15, 0.2) is 5.96 Å². The molecule has 0 aromatic heterocycles. The van der Waals surface area contributed by atoms with E-state index in [1.54, 1.807) is 0 Å². The second-order valence-electron chi connectivity index (χ2n) is 2.48. The largest absolute Gasteiger partial charge is 0.370 e. The van der Waals surface area contributed by atoms with Crippen LogP contribution >= 0.6 is 0 Å². The van der Waals surface area contributed by atoms with Crippen LogP contribution in [0.4, 0.5) is 0 Å². The van der Waals surface area contributed by atoms with E-state index in [2.05, 4.69) is 10.3 Å². The molecule has 0 radical (unpaired) electrons. The van der Waals surface area contributed by atoms with Gasteiger partial charge in [0.25, 0.3) is 0 Å². The summed E-state index contributed by atoms with van der Waals surface area (Å²) >= 11 is 0. The molecule has 6 nitrogen and oxygen atoms in total. The Balaban J connectivity index is 3.54. The quantitative estimate of drug-likeness (QED) is 0.191. The van der Waals surface area contributed by atoms with Gasteiger partial charge < -0.3 is 21.6 Å². The highest BCUT2D eigenvalue weighted by Crippen LogP contribution is 1.93. The topological polar surface area (TPSA) is 111 Å². The predicted molar refractivity (Wildman–Crippen MR) is 49.0 cm³/mol. The third-order valence-electron chi connectivity index (χ3n) is 1.41. The lowest BCUT2D eigenvalue weighted by molar-refractivity contribution is -0.115. The molecule has 74 valence electrons. The molecular weight excluding hydrogens is 172 g/mol. The van der Waals surface area contributed by atoms with Crippen LogP contribution in [0.2, 0.25) is 0 Å². The van der Waals surface area contributed by atoms with Crippen molar-refractivity contribution in [1.82, 2.24) is 5.32 Å². The first-order chi connectivity index (χ1) is 6.20. The van der Waals surface area contributed by atoms with Crippen molar-refractivity contribution < 1.29 is 9.59 Å². The van der Waals surface area contributed by atoms with Gasteiger partial charge in [-0.3, -0.25) is 9.79 Å². The van der Waals surface area contributed by atoms with Gasteiger partial charge in [-0.2, -0.15) is 0 Å². The second kappa shape index (κ2) is 7.08. The van der Waals surface area contributed by atoms with Crippen molar-refractivity contribution in [3.63, 3.8) is 0 Å². The number of nitrogens with zero attached hydrogens (tertiary/aromatic N) is 1. The molecule has 0 bridgehead atoms. The Hall–Kier alpha value is -1.59. The summed E-state index contributed by atoms with van der Waals surface area (Å²) in [7, 11) is 0. The van der Waals surface area contributed by atoms with Crippen molar-refractivity contribution in [1.29, 1.82) is 0 Å². The number of carbonyl (C=O) groups excluding carboxylic acids is 2. The second-order valence-corrected chi connectivity index (χ2v) is 2.48. The van der Waals surface area contributed by atoms with Crippen LogP contribution < -0.4 is 16.8 Å². The van der Waals surface area contributed by atoms with Crippen LogP contribution in [0.5, 0.6) is 0 Å². The normalized spacial score (nSPS) is 11.4. The van der Waals surface area contributed by atoms with E-state index in [0.717, 1.165) is 0 Å². The number of rotatable bonds is 7. The summed E-state index contributed by atoms with van der Waals surface area (Å²) in [5.74, 6) is 0.0333. The minimum atomic E-state index is -0.438. The zero-order valence-corrected chi connectivity index (χ0v) is 7.27. The highest BCUT2D eigenvalue weighted by molar-refractivity contribution is 5.75. The predicted octanol–water partition coefficient (Wildman–Crippen LogP) is -1.65. The van der Waals surface area contributed by atoms with Crippen molar-refractivity contribution >= 4 is 18.7 Å². The van der Waals surface area contributed by atoms with Gasteiger partial charge in [0.2, 0.25) is 6.41 Å². The Morgan fingerprint density at radius 3 is 2.62 bits per heavy atom. The van der Waals surface area contributed by atoms with E-state index in [-0.39, 0.29) is 5.96 Å². The van der Waals surface area contributed by atoms with Gasteiger partial charge in [0.1, 0.15) is 6.29 Å². The molecule has 0 spiro atoms. The zero-order chi connectivity index (χ0) is 10.1. The SMILES string of the molecule is NC(N)=NCCC[C@@H](C=O)NC=O. The van der Waals surface area contributed by atoms with Gasteiger partial charge in [-0.05, 0) is 12.8 Å². The van der Waals surface area contributed by atoms with Crippen molar-refractivity contribution in [2.45, 2.75) is 18.9 Å². The number of amides is 1. The molecule has 6 heteroatoms. The number of hydrogen-bond donors (Lipinski definition) is 3. The van der Waals surface area contributed by atoms with Crippen LogP contribution in [0.15, 0.2) is 4.99 Å². The summed E-state index contributed by atoms with van der Waals surface area (Å²) in [4.78, 5) is 24.0. The van der Waals surface area contributed by atoms with E-state index in [1.807, 2.05) is 0 Å². The van der Waals surface area contributed by atoms with Crippen molar-refractivity contribution in [3.05, 3.63) is 0 Å². The van der Waals surface area contributed by atoms with E-state index < -0.39 is 6.04 Å². The van der Waals surface area contributed by atoms with Gasteiger partial charge in [0.05, 0.1) is 6.04 Å².